The number of nitrogens with two attached hydrogens (primary N) is 1. The van der Waals surface area contributed by atoms with Gasteiger partial charge < -0.3 is 11.1 Å². The lowest BCUT2D eigenvalue weighted by Crippen LogP contribution is -2.01. The van der Waals surface area contributed by atoms with Gasteiger partial charge in [0.05, 0.1) is 4.92 Å². The van der Waals surface area contributed by atoms with Crippen LogP contribution in [0.4, 0.5) is 17.1 Å². The van der Waals surface area contributed by atoms with Crippen molar-refractivity contribution in [1.29, 1.82) is 0 Å². The Morgan fingerprint density at radius 2 is 1.80 bits per heavy atom. The van der Waals surface area contributed by atoms with Gasteiger partial charge in [-0.25, -0.2) is 0 Å². The van der Waals surface area contributed by atoms with E-state index in [9.17, 15) is 10.1 Å². The summed E-state index contributed by atoms with van der Waals surface area (Å²) in [6, 6.07) is 12.8. The van der Waals surface area contributed by atoms with E-state index < -0.39 is 4.92 Å². The number of hydrogen-bond donors (Lipinski definition) is 2. The summed E-state index contributed by atoms with van der Waals surface area (Å²) in [5.74, 6) is 0. The molecule has 2 aromatic rings. The summed E-state index contributed by atoms with van der Waals surface area (Å²) in [5, 5.41) is 13.9. The van der Waals surface area contributed by atoms with E-state index in [2.05, 4.69) is 24.4 Å². The monoisotopic (exact) mass is 271 g/mol. The number of nitrogens with one attached hydrogen (secondary N) is 1. The summed E-state index contributed by atoms with van der Waals surface area (Å²) in [6.07, 6.45) is 1.01. The third-order valence-corrected chi connectivity index (χ3v) is 3.08. The average molecular weight is 271 g/mol. The van der Waals surface area contributed by atoms with Crippen molar-refractivity contribution in [1.82, 2.24) is 0 Å². The highest BCUT2D eigenvalue weighted by Crippen LogP contribution is 2.22. The van der Waals surface area contributed by atoms with Crippen LogP contribution < -0.4 is 11.1 Å². The summed E-state index contributed by atoms with van der Waals surface area (Å²) in [7, 11) is 0. The van der Waals surface area contributed by atoms with Crippen molar-refractivity contribution in [3.8, 4) is 0 Å². The van der Waals surface area contributed by atoms with Crippen molar-refractivity contribution in [3.05, 3.63) is 63.7 Å². The number of nitrogens with zero attached hydrogens (tertiary/aromatic N) is 1. The fourth-order valence-corrected chi connectivity index (χ4v) is 1.94. The lowest BCUT2D eigenvalue weighted by atomic mass is 10.1. The summed E-state index contributed by atoms with van der Waals surface area (Å²) >= 11 is 0. The lowest BCUT2D eigenvalue weighted by Gasteiger charge is -2.08. The number of rotatable bonds is 5. The number of nitro benzene ring substituents is 1. The molecule has 0 bridgehead atoms. The van der Waals surface area contributed by atoms with Gasteiger partial charge in [0.15, 0.2) is 0 Å². The molecule has 0 unspecified atom stereocenters. The number of hydrogen-bond acceptors (Lipinski definition) is 4. The van der Waals surface area contributed by atoms with Crippen molar-refractivity contribution in [2.75, 3.05) is 11.1 Å². The maximum absolute atomic E-state index is 10.8. The van der Waals surface area contributed by atoms with Crippen LogP contribution in [0, 0.1) is 10.1 Å². The van der Waals surface area contributed by atoms with Crippen LogP contribution in [-0.4, -0.2) is 4.92 Å². The van der Waals surface area contributed by atoms with Crippen molar-refractivity contribution in [3.63, 3.8) is 0 Å². The lowest BCUT2D eigenvalue weighted by molar-refractivity contribution is -0.384. The van der Waals surface area contributed by atoms with E-state index >= 15 is 0 Å². The Labute approximate surface area is 117 Å². The van der Waals surface area contributed by atoms with Crippen molar-refractivity contribution < 1.29 is 4.92 Å². The molecule has 0 spiro atoms. The van der Waals surface area contributed by atoms with Gasteiger partial charge in [0, 0.05) is 30.1 Å². The molecule has 0 saturated heterocycles. The van der Waals surface area contributed by atoms with E-state index in [-0.39, 0.29) is 5.69 Å². The highest BCUT2D eigenvalue weighted by Gasteiger charge is 2.08. The summed E-state index contributed by atoms with van der Waals surface area (Å²) in [4.78, 5) is 10.3. The second kappa shape index (κ2) is 6.06. The summed E-state index contributed by atoms with van der Waals surface area (Å²) < 4.78 is 0. The molecular weight excluding hydrogens is 254 g/mol. The van der Waals surface area contributed by atoms with Crippen LogP contribution >= 0.6 is 0 Å². The third-order valence-electron chi connectivity index (χ3n) is 3.08. The fourth-order valence-electron chi connectivity index (χ4n) is 1.94. The van der Waals surface area contributed by atoms with Gasteiger partial charge in [0.25, 0.3) is 5.69 Å². The highest BCUT2D eigenvalue weighted by molar-refractivity contribution is 5.61. The molecule has 2 rings (SSSR count). The Morgan fingerprint density at radius 1 is 1.15 bits per heavy atom. The first-order chi connectivity index (χ1) is 9.58. The predicted octanol–water partition coefficient (Wildman–Crippen LogP) is 3.35. The first-order valence-corrected chi connectivity index (χ1v) is 6.45. The molecule has 0 aliphatic carbocycles. The molecule has 20 heavy (non-hydrogen) atoms. The zero-order valence-corrected chi connectivity index (χ0v) is 11.3. The molecule has 0 heterocycles. The Kier molecular flexibility index (Phi) is 4.20. The second-order valence-corrected chi connectivity index (χ2v) is 4.59. The zero-order valence-electron chi connectivity index (χ0n) is 11.3. The fraction of sp³-hybridized carbons (Fsp3) is 0.200. The smallest absolute Gasteiger partial charge is 0.273 e. The minimum atomic E-state index is -0.447. The van der Waals surface area contributed by atoms with Crippen molar-refractivity contribution in [2.24, 2.45) is 0 Å². The molecule has 0 aromatic heterocycles. The van der Waals surface area contributed by atoms with Crippen LogP contribution in [0.3, 0.4) is 0 Å². The molecule has 3 N–H and O–H groups in total. The average Bonchev–Trinajstić information content (AvgIpc) is 2.45. The number of nitro groups is 1. The molecule has 5 nitrogen and oxygen atoms in total. The van der Waals surface area contributed by atoms with Gasteiger partial charge in [0.1, 0.15) is 0 Å². The van der Waals surface area contributed by atoms with Gasteiger partial charge >= 0.3 is 0 Å². The van der Waals surface area contributed by atoms with Crippen LogP contribution in [0.25, 0.3) is 0 Å². The predicted molar refractivity (Wildman–Crippen MR) is 80.7 cm³/mol. The SMILES string of the molecule is CCc1ccc(CNc2cc(N)cc([N+](=O)[O-])c2)cc1. The Morgan fingerprint density at radius 3 is 2.40 bits per heavy atom. The summed E-state index contributed by atoms with van der Waals surface area (Å²) in [6.45, 7) is 2.71. The number of nitrogen functional groups attached to an aromatic ring is 1. The number of non-ortho nitro benzene ring substituents is 1. The maximum atomic E-state index is 10.8. The molecule has 0 saturated carbocycles. The molecular formula is C15H17N3O2. The molecule has 2 aromatic carbocycles. The largest absolute Gasteiger partial charge is 0.398 e. The molecule has 0 radical (unpaired) electrons. The van der Waals surface area contributed by atoms with Crippen molar-refractivity contribution in [2.45, 2.75) is 19.9 Å². The zero-order chi connectivity index (χ0) is 14.5. The van der Waals surface area contributed by atoms with E-state index in [0.717, 1.165) is 12.0 Å². The number of anilines is 2. The Hall–Kier alpha value is -2.56. The van der Waals surface area contributed by atoms with Crippen LogP contribution in [0.1, 0.15) is 18.1 Å². The quantitative estimate of drug-likeness (QED) is 0.496. The minimum Gasteiger partial charge on any atom is -0.398 e. The molecule has 0 amide bonds. The molecule has 0 aliphatic rings. The normalized spacial score (nSPS) is 10.2. The van der Waals surface area contributed by atoms with Crippen molar-refractivity contribution >= 4 is 17.1 Å². The summed E-state index contributed by atoms with van der Waals surface area (Å²) in [5.41, 5.74) is 9.08. The standard InChI is InChI=1S/C15H17N3O2/c1-2-11-3-5-12(6-4-11)10-17-14-7-13(16)8-15(9-14)18(19)20/h3-9,17H,2,10,16H2,1H3. The van der Waals surface area contributed by atoms with Gasteiger partial charge in [-0.3, -0.25) is 10.1 Å². The highest BCUT2D eigenvalue weighted by atomic mass is 16.6. The second-order valence-electron chi connectivity index (χ2n) is 4.59. The van der Waals surface area contributed by atoms with Crippen LogP contribution in [-0.2, 0) is 13.0 Å². The first kappa shape index (κ1) is 13.9. The Balaban J connectivity index is 2.08. The van der Waals surface area contributed by atoms with E-state index in [0.29, 0.717) is 17.9 Å². The van der Waals surface area contributed by atoms with Gasteiger partial charge in [-0.05, 0) is 23.6 Å². The van der Waals surface area contributed by atoms with E-state index in [4.69, 9.17) is 5.73 Å². The van der Waals surface area contributed by atoms with E-state index in [1.54, 1.807) is 6.07 Å². The maximum Gasteiger partial charge on any atom is 0.273 e. The van der Waals surface area contributed by atoms with Gasteiger partial charge in [-0.15, -0.1) is 0 Å². The molecule has 0 atom stereocenters. The van der Waals surface area contributed by atoms with E-state index in [1.807, 2.05) is 12.1 Å². The van der Waals surface area contributed by atoms with Crippen LogP contribution in [0.2, 0.25) is 0 Å². The molecule has 0 aliphatic heterocycles. The molecule has 104 valence electrons. The van der Waals surface area contributed by atoms with E-state index in [1.165, 1.54) is 17.7 Å². The van der Waals surface area contributed by atoms with Crippen LogP contribution in [0.15, 0.2) is 42.5 Å². The molecule has 5 heteroatoms. The van der Waals surface area contributed by atoms with Crippen LogP contribution in [0.5, 0.6) is 0 Å². The Bertz CT molecular complexity index is 609. The number of aryl methyl sites for hydroxylation is 1. The topological polar surface area (TPSA) is 81.2 Å². The third kappa shape index (κ3) is 3.47. The van der Waals surface area contributed by atoms with Gasteiger partial charge in [0.2, 0.25) is 0 Å². The first-order valence-electron chi connectivity index (χ1n) is 6.45. The molecule has 0 fully saturated rings. The minimum absolute atomic E-state index is 0.00571. The van der Waals surface area contributed by atoms with Gasteiger partial charge in [-0.2, -0.15) is 0 Å². The number of benzene rings is 2. The van der Waals surface area contributed by atoms with Gasteiger partial charge in [-0.1, -0.05) is 31.2 Å².